The van der Waals surface area contributed by atoms with Crippen LogP contribution in [0.4, 0.5) is 5.69 Å². The van der Waals surface area contributed by atoms with Crippen molar-refractivity contribution >= 4 is 43.8 Å². The van der Waals surface area contributed by atoms with Crippen LogP contribution in [0.25, 0.3) is 0 Å². The molecule has 1 heterocycles. The minimum absolute atomic E-state index is 0.774. The van der Waals surface area contributed by atoms with E-state index in [2.05, 4.69) is 36.8 Å². The van der Waals surface area contributed by atoms with Gasteiger partial charge in [-0.05, 0) is 17.7 Å². The SMILES string of the molecule is O=CC(Br)(Br)c1ccc(N2CCOCC2)cc1. The summed E-state index contributed by atoms with van der Waals surface area (Å²) in [4.78, 5) is 13.2. The van der Waals surface area contributed by atoms with Crippen molar-refractivity contribution in [3.05, 3.63) is 29.8 Å². The molecule has 0 unspecified atom stereocenters. The van der Waals surface area contributed by atoms with Crippen molar-refractivity contribution < 1.29 is 9.53 Å². The van der Waals surface area contributed by atoms with Gasteiger partial charge >= 0.3 is 0 Å². The molecule has 1 aliphatic rings. The summed E-state index contributed by atoms with van der Waals surface area (Å²) >= 11 is 6.65. The first-order chi connectivity index (χ1) is 8.13. The molecule has 0 N–H and O–H groups in total. The van der Waals surface area contributed by atoms with Crippen molar-refractivity contribution in [3.8, 4) is 0 Å². The van der Waals surface area contributed by atoms with Crippen LogP contribution in [0.1, 0.15) is 5.56 Å². The van der Waals surface area contributed by atoms with E-state index in [9.17, 15) is 4.79 Å². The predicted molar refractivity (Wildman–Crippen MR) is 75.1 cm³/mol. The number of aldehydes is 1. The number of hydrogen-bond acceptors (Lipinski definition) is 3. The Kier molecular flexibility index (Phi) is 4.22. The summed E-state index contributed by atoms with van der Waals surface area (Å²) < 4.78 is 4.54. The monoisotopic (exact) mass is 361 g/mol. The van der Waals surface area contributed by atoms with Gasteiger partial charge in [-0.1, -0.05) is 44.0 Å². The van der Waals surface area contributed by atoms with Gasteiger partial charge in [0, 0.05) is 18.8 Å². The van der Waals surface area contributed by atoms with E-state index in [4.69, 9.17) is 4.74 Å². The highest BCUT2D eigenvalue weighted by Gasteiger charge is 2.24. The Morgan fingerprint density at radius 1 is 1.18 bits per heavy atom. The maximum absolute atomic E-state index is 10.9. The fourth-order valence-electron chi connectivity index (χ4n) is 1.78. The maximum Gasteiger partial charge on any atom is 0.160 e. The first-order valence-electron chi connectivity index (χ1n) is 5.41. The minimum Gasteiger partial charge on any atom is -0.378 e. The molecule has 0 radical (unpaired) electrons. The van der Waals surface area contributed by atoms with E-state index in [-0.39, 0.29) is 0 Å². The molecule has 0 saturated carbocycles. The molecule has 1 saturated heterocycles. The van der Waals surface area contributed by atoms with Crippen molar-refractivity contribution in [2.24, 2.45) is 0 Å². The molecule has 0 spiro atoms. The molecule has 2 rings (SSSR count). The fourth-order valence-corrected chi connectivity index (χ4v) is 2.31. The van der Waals surface area contributed by atoms with Gasteiger partial charge in [-0.15, -0.1) is 0 Å². The van der Waals surface area contributed by atoms with E-state index in [1.165, 1.54) is 5.69 Å². The summed E-state index contributed by atoms with van der Waals surface area (Å²) in [7, 11) is 0. The predicted octanol–water partition coefficient (Wildman–Crippen LogP) is 2.66. The third-order valence-electron chi connectivity index (χ3n) is 2.78. The fraction of sp³-hybridized carbons (Fsp3) is 0.417. The Bertz CT molecular complexity index is 386. The lowest BCUT2D eigenvalue weighted by atomic mass is 10.1. The number of halogens is 2. The number of ether oxygens (including phenoxy) is 1. The third kappa shape index (κ3) is 3.09. The smallest absolute Gasteiger partial charge is 0.160 e. The van der Waals surface area contributed by atoms with Crippen molar-refractivity contribution in [2.75, 3.05) is 31.2 Å². The molecule has 0 aliphatic carbocycles. The zero-order valence-electron chi connectivity index (χ0n) is 9.23. The van der Waals surface area contributed by atoms with Gasteiger partial charge in [-0.2, -0.15) is 0 Å². The van der Waals surface area contributed by atoms with Crippen LogP contribution in [0.15, 0.2) is 24.3 Å². The summed E-state index contributed by atoms with van der Waals surface area (Å²) in [6.45, 7) is 3.38. The van der Waals surface area contributed by atoms with Gasteiger partial charge in [0.25, 0.3) is 0 Å². The van der Waals surface area contributed by atoms with E-state index in [0.29, 0.717) is 0 Å². The van der Waals surface area contributed by atoms with Gasteiger partial charge in [-0.3, -0.25) is 0 Å². The molecule has 3 nitrogen and oxygen atoms in total. The second-order valence-corrected chi connectivity index (χ2v) is 7.45. The highest BCUT2D eigenvalue weighted by atomic mass is 79.9. The summed E-state index contributed by atoms with van der Waals surface area (Å²) in [6, 6.07) is 7.95. The van der Waals surface area contributed by atoms with Crippen LogP contribution in [0.3, 0.4) is 0 Å². The Hall–Kier alpha value is -0.390. The summed E-state index contributed by atoms with van der Waals surface area (Å²) in [5, 5.41) is 0. The molecule has 1 aromatic carbocycles. The largest absolute Gasteiger partial charge is 0.378 e. The lowest BCUT2D eigenvalue weighted by Crippen LogP contribution is -2.36. The average Bonchev–Trinajstić information content (AvgIpc) is 2.40. The van der Waals surface area contributed by atoms with Gasteiger partial charge < -0.3 is 14.4 Å². The summed E-state index contributed by atoms with van der Waals surface area (Å²) in [6.07, 6.45) is 0.830. The normalized spacial score (nSPS) is 16.9. The van der Waals surface area contributed by atoms with E-state index in [1.54, 1.807) is 0 Å². The van der Waals surface area contributed by atoms with Crippen LogP contribution in [-0.4, -0.2) is 32.6 Å². The number of anilines is 1. The molecular formula is C12H13Br2NO2. The molecule has 0 aromatic heterocycles. The maximum atomic E-state index is 10.9. The lowest BCUT2D eigenvalue weighted by Gasteiger charge is -2.29. The van der Waals surface area contributed by atoms with Crippen molar-refractivity contribution in [3.63, 3.8) is 0 Å². The molecule has 92 valence electrons. The zero-order chi connectivity index (χ0) is 12.3. The number of nitrogens with zero attached hydrogens (tertiary/aromatic N) is 1. The highest BCUT2D eigenvalue weighted by Crippen LogP contribution is 2.36. The molecule has 0 atom stereocenters. The van der Waals surface area contributed by atoms with Gasteiger partial charge in [0.2, 0.25) is 0 Å². The van der Waals surface area contributed by atoms with E-state index >= 15 is 0 Å². The Balaban J connectivity index is 2.15. The first kappa shape index (κ1) is 13.1. The number of alkyl halides is 2. The topological polar surface area (TPSA) is 29.5 Å². The summed E-state index contributed by atoms with van der Waals surface area (Å²) in [5.74, 6) is 0. The number of hydrogen-bond donors (Lipinski definition) is 0. The van der Waals surface area contributed by atoms with Crippen molar-refractivity contribution in [1.82, 2.24) is 0 Å². The van der Waals surface area contributed by atoms with Gasteiger partial charge in [0.05, 0.1) is 13.2 Å². The lowest BCUT2D eigenvalue weighted by molar-refractivity contribution is -0.107. The van der Waals surface area contributed by atoms with Crippen LogP contribution >= 0.6 is 31.9 Å². The van der Waals surface area contributed by atoms with E-state index in [0.717, 1.165) is 38.2 Å². The average molecular weight is 363 g/mol. The molecule has 0 bridgehead atoms. The number of morpholine rings is 1. The van der Waals surface area contributed by atoms with Crippen LogP contribution in [0.2, 0.25) is 0 Å². The van der Waals surface area contributed by atoms with Crippen LogP contribution in [0, 0.1) is 0 Å². The van der Waals surface area contributed by atoms with Crippen LogP contribution < -0.4 is 4.90 Å². The van der Waals surface area contributed by atoms with Crippen molar-refractivity contribution in [1.29, 1.82) is 0 Å². The number of carbonyl (C=O) groups excluding carboxylic acids is 1. The van der Waals surface area contributed by atoms with Gasteiger partial charge in [-0.25, -0.2) is 0 Å². The second-order valence-electron chi connectivity index (χ2n) is 3.89. The Morgan fingerprint density at radius 3 is 2.29 bits per heavy atom. The van der Waals surface area contributed by atoms with Gasteiger partial charge in [0.15, 0.2) is 9.52 Å². The quantitative estimate of drug-likeness (QED) is 0.611. The van der Waals surface area contributed by atoms with E-state index in [1.807, 2.05) is 24.3 Å². The van der Waals surface area contributed by atoms with Gasteiger partial charge in [0.1, 0.15) is 0 Å². The standard InChI is InChI=1S/C12H13Br2NO2/c13-12(14,9-16)10-1-3-11(4-2-10)15-5-7-17-8-6-15/h1-4,9H,5-8H2. The number of benzene rings is 1. The van der Waals surface area contributed by atoms with Crippen LogP contribution in [0.5, 0.6) is 0 Å². The molecule has 17 heavy (non-hydrogen) atoms. The Morgan fingerprint density at radius 2 is 1.76 bits per heavy atom. The molecule has 1 aliphatic heterocycles. The molecule has 1 fully saturated rings. The number of rotatable bonds is 3. The van der Waals surface area contributed by atoms with Crippen molar-refractivity contribution in [2.45, 2.75) is 3.23 Å². The van der Waals surface area contributed by atoms with E-state index < -0.39 is 3.23 Å². The molecule has 5 heteroatoms. The minimum atomic E-state index is -0.774. The highest BCUT2D eigenvalue weighted by molar-refractivity contribution is 9.25. The van der Waals surface area contributed by atoms with Crippen LogP contribution in [-0.2, 0) is 12.8 Å². The molecular weight excluding hydrogens is 350 g/mol. The third-order valence-corrected chi connectivity index (χ3v) is 4.07. The Labute approximate surface area is 117 Å². The summed E-state index contributed by atoms with van der Waals surface area (Å²) in [5.41, 5.74) is 2.06. The second kappa shape index (κ2) is 5.50. The first-order valence-corrected chi connectivity index (χ1v) is 6.99. The molecule has 0 amide bonds. The number of carbonyl (C=O) groups is 1. The zero-order valence-corrected chi connectivity index (χ0v) is 12.4. The molecule has 1 aromatic rings.